The number of nitrogens with two attached hydrogens (primary N) is 1. The van der Waals surface area contributed by atoms with Crippen molar-refractivity contribution in [2.24, 2.45) is 5.73 Å². The summed E-state index contributed by atoms with van der Waals surface area (Å²) in [6, 6.07) is 2.07. The van der Waals surface area contributed by atoms with Gasteiger partial charge in [-0.2, -0.15) is 4.37 Å². The second kappa shape index (κ2) is 7.07. The van der Waals surface area contributed by atoms with Crippen LogP contribution < -0.4 is 21.7 Å². The van der Waals surface area contributed by atoms with Gasteiger partial charge in [0.15, 0.2) is 11.5 Å². The zero-order chi connectivity index (χ0) is 17.1. The van der Waals surface area contributed by atoms with Crippen molar-refractivity contribution in [2.45, 2.75) is 25.4 Å². The fourth-order valence-electron chi connectivity index (χ4n) is 2.54. The number of rotatable bonds is 6. The summed E-state index contributed by atoms with van der Waals surface area (Å²) >= 11 is 1.27. The van der Waals surface area contributed by atoms with Crippen molar-refractivity contribution in [3.63, 3.8) is 0 Å². The lowest BCUT2D eigenvalue weighted by atomic mass is 10.2. The van der Waals surface area contributed by atoms with Gasteiger partial charge in [0.25, 0.3) is 5.91 Å². The first-order valence-corrected chi connectivity index (χ1v) is 8.30. The van der Waals surface area contributed by atoms with Crippen LogP contribution in [0.5, 0.6) is 0 Å². The van der Waals surface area contributed by atoms with Crippen molar-refractivity contribution in [1.29, 1.82) is 0 Å². The number of amides is 1. The van der Waals surface area contributed by atoms with Crippen LogP contribution in [0.15, 0.2) is 12.3 Å². The van der Waals surface area contributed by atoms with Crippen molar-refractivity contribution < 1.29 is 9.90 Å². The third-order valence-corrected chi connectivity index (χ3v) is 4.47. The van der Waals surface area contributed by atoms with E-state index in [0.29, 0.717) is 11.6 Å². The van der Waals surface area contributed by atoms with Gasteiger partial charge in [-0.05, 0) is 30.9 Å². The van der Waals surface area contributed by atoms with Gasteiger partial charge in [-0.25, -0.2) is 9.97 Å². The number of hydrogen-bond donors (Lipinski definition) is 5. The maximum Gasteiger partial charge on any atom is 0.271 e. The Morgan fingerprint density at radius 1 is 1.58 bits per heavy atom. The van der Waals surface area contributed by atoms with Gasteiger partial charge in [-0.3, -0.25) is 4.79 Å². The van der Waals surface area contributed by atoms with Crippen molar-refractivity contribution in [2.75, 3.05) is 23.8 Å². The molecule has 3 rings (SSSR count). The Morgan fingerprint density at radius 3 is 3.04 bits per heavy atom. The number of anilines is 3. The van der Waals surface area contributed by atoms with E-state index in [1.54, 1.807) is 0 Å². The minimum atomic E-state index is -0.652. The average Bonchev–Trinajstić information content (AvgIpc) is 3.16. The Labute approximate surface area is 142 Å². The van der Waals surface area contributed by atoms with Crippen molar-refractivity contribution in [3.8, 4) is 0 Å². The van der Waals surface area contributed by atoms with Crippen molar-refractivity contribution >= 4 is 34.1 Å². The van der Waals surface area contributed by atoms with E-state index >= 15 is 0 Å². The van der Waals surface area contributed by atoms with Crippen LogP contribution in [0.4, 0.5) is 16.6 Å². The first-order valence-electron chi connectivity index (χ1n) is 7.53. The van der Waals surface area contributed by atoms with E-state index < -0.39 is 5.91 Å². The molecule has 0 spiro atoms. The molecule has 0 saturated carbocycles. The Balaban J connectivity index is 1.79. The predicted molar refractivity (Wildman–Crippen MR) is 91.6 cm³/mol. The summed E-state index contributed by atoms with van der Waals surface area (Å²) in [5.41, 5.74) is 6.32. The molecular weight excluding hydrogens is 330 g/mol. The maximum atomic E-state index is 11.6. The van der Waals surface area contributed by atoms with E-state index in [4.69, 9.17) is 5.73 Å². The molecule has 0 bridgehead atoms. The molecule has 1 fully saturated rings. The van der Waals surface area contributed by atoms with Crippen LogP contribution >= 0.6 is 11.5 Å². The zero-order valence-corrected chi connectivity index (χ0v) is 13.9. The number of nitrogens with zero attached hydrogens (tertiary/aromatic N) is 3. The highest BCUT2D eigenvalue weighted by Gasteiger charge is 2.24. The molecule has 1 aliphatic heterocycles. The number of hydrogen-bond acceptors (Lipinski definition) is 9. The molecule has 24 heavy (non-hydrogen) atoms. The van der Waals surface area contributed by atoms with Gasteiger partial charge < -0.3 is 26.8 Å². The van der Waals surface area contributed by atoms with Crippen LogP contribution in [0.1, 0.15) is 22.6 Å². The summed E-state index contributed by atoms with van der Waals surface area (Å²) in [7, 11) is 0. The molecule has 2 atom stereocenters. The van der Waals surface area contributed by atoms with E-state index in [2.05, 4.69) is 30.3 Å². The minimum absolute atomic E-state index is 0.0735. The number of aromatic nitrogens is 3. The standard InChI is InChI=1S/C14H19N7O2S/c1-7-2-11(24-21-7)20-14-12(13(15)23)17-5-10(19-14)18-8-3-9(6-22)16-4-8/h2,5,8-9,16,22H,3-4,6H2,1H3,(H2,15,23)(H2,18,19,20). The van der Waals surface area contributed by atoms with Gasteiger partial charge in [-0.15, -0.1) is 0 Å². The Kier molecular flexibility index (Phi) is 4.88. The summed E-state index contributed by atoms with van der Waals surface area (Å²) in [6.45, 7) is 2.70. The number of nitrogens with one attached hydrogen (secondary N) is 3. The van der Waals surface area contributed by atoms with Gasteiger partial charge in [0.1, 0.15) is 10.8 Å². The fourth-order valence-corrected chi connectivity index (χ4v) is 3.20. The van der Waals surface area contributed by atoms with Crippen LogP contribution in [-0.4, -0.2) is 50.6 Å². The van der Waals surface area contributed by atoms with E-state index in [0.717, 1.165) is 23.7 Å². The predicted octanol–water partition coefficient (Wildman–Crippen LogP) is 0.219. The first kappa shape index (κ1) is 16.6. The summed E-state index contributed by atoms with van der Waals surface area (Å²) in [5, 5.41) is 19.4. The monoisotopic (exact) mass is 349 g/mol. The largest absolute Gasteiger partial charge is 0.395 e. The molecule has 10 heteroatoms. The summed E-state index contributed by atoms with van der Waals surface area (Å²) in [5.74, 6) is 0.176. The number of carbonyl (C=O) groups excluding carboxylic acids is 1. The van der Waals surface area contributed by atoms with Gasteiger partial charge in [0.05, 0.1) is 18.5 Å². The third-order valence-electron chi connectivity index (χ3n) is 3.67. The SMILES string of the molecule is Cc1cc(Nc2nc(NC3CNC(CO)C3)cnc2C(N)=O)sn1. The summed E-state index contributed by atoms with van der Waals surface area (Å²) < 4.78 is 4.18. The Hall–Kier alpha value is -2.30. The number of primary amides is 1. The molecule has 1 amide bonds. The third kappa shape index (κ3) is 3.78. The number of aliphatic hydroxyl groups excluding tert-OH is 1. The normalized spacial score (nSPS) is 20.1. The number of aryl methyl sites for hydroxylation is 1. The highest BCUT2D eigenvalue weighted by Crippen LogP contribution is 2.23. The average molecular weight is 349 g/mol. The lowest BCUT2D eigenvalue weighted by Crippen LogP contribution is -2.25. The minimum Gasteiger partial charge on any atom is -0.395 e. The molecule has 9 nitrogen and oxygen atoms in total. The van der Waals surface area contributed by atoms with E-state index in [1.165, 1.54) is 17.7 Å². The molecule has 1 aliphatic rings. The van der Waals surface area contributed by atoms with Crippen molar-refractivity contribution in [3.05, 3.63) is 23.7 Å². The van der Waals surface area contributed by atoms with Crippen LogP contribution in [-0.2, 0) is 0 Å². The molecule has 1 saturated heterocycles. The van der Waals surface area contributed by atoms with Crippen molar-refractivity contribution in [1.82, 2.24) is 19.7 Å². The molecule has 3 heterocycles. The molecule has 6 N–H and O–H groups in total. The van der Waals surface area contributed by atoms with Crippen LogP contribution in [0.2, 0.25) is 0 Å². The molecule has 2 aromatic rings. The van der Waals surface area contributed by atoms with Crippen LogP contribution in [0.3, 0.4) is 0 Å². The van der Waals surface area contributed by atoms with Gasteiger partial charge in [-0.1, -0.05) is 0 Å². The van der Waals surface area contributed by atoms with Gasteiger partial charge in [0, 0.05) is 18.6 Å². The number of aliphatic hydroxyl groups is 1. The van der Waals surface area contributed by atoms with E-state index in [1.807, 2.05) is 13.0 Å². The highest BCUT2D eigenvalue weighted by molar-refractivity contribution is 7.10. The molecule has 0 radical (unpaired) electrons. The topological polar surface area (TPSA) is 138 Å². The quantitative estimate of drug-likeness (QED) is 0.499. The molecule has 128 valence electrons. The fraction of sp³-hybridized carbons (Fsp3) is 0.429. The Morgan fingerprint density at radius 2 is 2.42 bits per heavy atom. The van der Waals surface area contributed by atoms with E-state index in [-0.39, 0.29) is 24.4 Å². The molecule has 2 unspecified atom stereocenters. The molecule has 2 aromatic heterocycles. The molecular formula is C14H19N7O2S. The highest BCUT2D eigenvalue weighted by atomic mass is 32.1. The van der Waals surface area contributed by atoms with Gasteiger partial charge >= 0.3 is 0 Å². The Bertz CT molecular complexity index is 736. The summed E-state index contributed by atoms with van der Waals surface area (Å²) in [6.07, 6.45) is 2.27. The van der Waals surface area contributed by atoms with Gasteiger partial charge in [0.2, 0.25) is 0 Å². The van der Waals surface area contributed by atoms with Crippen LogP contribution in [0.25, 0.3) is 0 Å². The lowest BCUT2D eigenvalue weighted by Gasteiger charge is -2.14. The smallest absolute Gasteiger partial charge is 0.271 e. The second-order valence-corrected chi connectivity index (χ2v) is 6.44. The van der Waals surface area contributed by atoms with E-state index in [9.17, 15) is 9.90 Å². The van der Waals surface area contributed by atoms with Crippen LogP contribution in [0, 0.1) is 6.92 Å². The first-order chi connectivity index (χ1) is 11.5. The lowest BCUT2D eigenvalue weighted by molar-refractivity contribution is 0.0996. The molecule has 0 aliphatic carbocycles. The number of carbonyl (C=O) groups is 1. The zero-order valence-electron chi connectivity index (χ0n) is 13.1. The molecule has 0 aromatic carbocycles. The maximum absolute atomic E-state index is 11.6. The second-order valence-electron chi connectivity index (χ2n) is 5.64. The summed E-state index contributed by atoms with van der Waals surface area (Å²) in [4.78, 5) is 20.1.